The zero-order chi connectivity index (χ0) is 25.4. The predicted octanol–water partition coefficient (Wildman–Crippen LogP) is 5.33. The van der Waals surface area contributed by atoms with Crippen LogP contribution >= 0.6 is 0 Å². The summed E-state index contributed by atoms with van der Waals surface area (Å²) in [6, 6.07) is 15.5. The Bertz CT molecular complexity index is 1550. The maximum absolute atomic E-state index is 13.1. The molecule has 0 unspecified atom stereocenters. The van der Waals surface area contributed by atoms with Crippen LogP contribution in [0.5, 0.6) is 0 Å². The van der Waals surface area contributed by atoms with E-state index in [2.05, 4.69) is 15.4 Å². The van der Waals surface area contributed by atoms with E-state index < -0.39 is 11.7 Å². The molecule has 3 aromatic heterocycles. The molecule has 0 aliphatic heterocycles. The number of benzene rings is 2. The van der Waals surface area contributed by atoms with Crippen molar-refractivity contribution in [3.63, 3.8) is 0 Å². The highest BCUT2D eigenvalue weighted by Crippen LogP contribution is 2.34. The zero-order valence-electron chi connectivity index (χ0n) is 19.4. The van der Waals surface area contributed by atoms with Crippen LogP contribution in [-0.4, -0.2) is 30.5 Å². The molecule has 5 aromatic rings. The fraction of sp³-hybridized carbons (Fsp3) is 0.154. The fourth-order valence-electron chi connectivity index (χ4n) is 3.99. The standard InChI is InChI=1S/C26H21F3N6O/c1-16-22(15-31-34(16)2)25-21-13-19(32-24(36)14-18-5-3-4-12-30-18)8-11-23(21)35(33-25)20-9-6-17(7-10-20)26(27,28)29/h3-13,15H,14H2,1-2H3,(H,32,36). The van der Waals surface area contributed by atoms with Crippen LogP contribution in [0.4, 0.5) is 18.9 Å². The number of aromatic nitrogens is 5. The van der Waals surface area contributed by atoms with E-state index in [9.17, 15) is 18.0 Å². The molecule has 10 heteroatoms. The third-order valence-electron chi connectivity index (χ3n) is 5.96. The molecule has 1 amide bonds. The molecule has 7 nitrogen and oxygen atoms in total. The first-order valence-corrected chi connectivity index (χ1v) is 11.1. The molecular formula is C26H21F3N6O. The first-order chi connectivity index (χ1) is 17.2. The second kappa shape index (κ2) is 8.95. The Kier molecular flexibility index (Phi) is 5.79. The summed E-state index contributed by atoms with van der Waals surface area (Å²) >= 11 is 0. The summed E-state index contributed by atoms with van der Waals surface area (Å²) < 4.78 is 42.5. The number of aryl methyl sites for hydroxylation is 1. The SMILES string of the molecule is Cc1c(-c2nn(-c3ccc(C(F)(F)F)cc3)c3ccc(NC(=O)Cc4ccccn4)cc23)cnn1C. The molecule has 3 heterocycles. The van der Waals surface area contributed by atoms with Gasteiger partial charge in [0.05, 0.1) is 29.4 Å². The highest BCUT2D eigenvalue weighted by molar-refractivity contribution is 5.99. The van der Waals surface area contributed by atoms with Crippen LogP contribution in [0, 0.1) is 6.92 Å². The van der Waals surface area contributed by atoms with Gasteiger partial charge in [-0.1, -0.05) is 6.07 Å². The van der Waals surface area contributed by atoms with Crippen molar-refractivity contribution >= 4 is 22.5 Å². The number of rotatable bonds is 5. The fourth-order valence-corrected chi connectivity index (χ4v) is 3.99. The Morgan fingerprint density at radius 2 is 1.83 bits per heavy atom. The Balaban J connectivity index is 1.56. The van der Waals surface area contributed by atoms with Crippen LogP contribution in [-0.2, 0) is 24.4 Å². The van der Waals surface area contributed by atoms with Crippen molar-refractivity contribution in [3.05, 3.63) is 90.0 Å². The molecule has 1 N–H and O–H groups in total. The van der Waals surface area contributed by atoms with E-state index in [1.54, 1.807) is 52.1 Å². The second-order valence-corrected chi connectivity index (χ2v) is 8.35. The van der Waals surface area contributed by atoms with E-state index >= 15 is 0 Å². The molecule has 5 rings (SSSR count). The Morgan fingerprint density at radius 1 is 1.06 bits per heavy atom. The summed E-state index contributed by atoms with van der Waals surface area (Å²) in [6.45, 7) is 1.91. The van der Waals surface area contributed by atoms with Crippen molar-refractivity contribution in [2.45, 2.75) is 19.5 Å². The lowest BCUT2D eigenvalue weighted by Crippen LogP contribution is -2.15. The van der Waals surface area contributed by atoms with Crippen LogP contribution in [0.2, 0.25) is 0 Å². The van der Waals surface area contributed by atoms with Gasteiger partial charge in [0.25, 0.3) is 0 Å². The topological polar surface area (TPSA) is 77.6 Å². The van der Waals surface area contributed by atoms with Gasteiger partial charge in [-0.25, -0.2) is 4.68 Å². The third kappa shape index (κ3) is 4.45. The number of alkyl halides is 3. The van der Waals surface area contributed by atoms with E-state index in [-0.39, 0.29) is 12.3 Å². The minimum absolute atomic E-state index is 0.123. The number of halogens is 3. The van der Waals surface area contributed by atoms with Gasteiger partial charge in [0, 0.05) is 41.3 Å². The zero-order valence-corrected chi connectivity index (χ0v) is 19.4. The summed E-state index contributed by atoms with van der Waals surface area (Å²) in [7, 11) is 1.82. The lowest BCUT2D eigenvalue weighted by molar-refractivity contribution is -0.137. The van der Waals surface area contributed by atoms with E-state index in [0.717, 1.165) is 28.8 Å². The van der Waals surface area contributed by atoms with Crippen LogP contribution in [0.25, 0.3) is 27.8 Å². The predicted molar refractivity (Wildman–Crippen MR) is 130 cm³/mol. The molecule has 182 valence electrons. The summed E-state index contributed by atoms with van der Waals surface area (Å²) in [5.41, 5.74) is 3.91. The van der Waals surface area contributed by atoms with Gasteiger partial charge in [-0.15, -0.1) is 0 Å². The number of fused-ring (bicyclic) bond motifs is 1. The van der Waals surface area contributed by atoms with E-state index in [0.29, 0.717) is 28.3 Å². The van der Waals surface area contributed by atoms with Crippen LogP contribution < -0.4 is 5.32 Å². The Hall–Kier alpha value is -4.47. The number of anilines is 1. The van der Waals surface area contributed by atoms with Crippen molar-refractivity contribution in [3.8, 4) is 16.9 Å². The average molecular weight is 490 g/mol. The molecule has 0 fully saturated rings. The normalized spacial score (nSPS) is 11.7. The molecule has 0 radical (unpaired) electrons. The number of nitrogens with one attached hydrogen (secondary N) is 1. The largest absolute Gasteiger partial charge is 0.416 e. The molecule has 0 aliphatic rings. The monoisotopic (exact) mass is 490 g/mol. The van der Waals surface area contributed by atoms with Gasteiger partial charge in [-0.05, 0) is 61.5 Å². The molecule has 0 atom stereocenters. The number of pyridine rings is 1. The molecular weight excluding hydrogens is 469 g/mol. The molecule has 0 saturated heterocycles. The van der Waals surface area contributed by atoms with Crippen molar-refractivity contribution in [1.29, 1.82) is 0 Å². The molecule has 0 spiro atoms. The van der Waals surface area contributed by atoms with Crippen LogP contribution in [0.3, 0.4) is 0 Å². The van der Waals surface area contributed by atoms with E-state index in [1.807, 2.05) is 20.0 Å². The number of nitrogens with zero attached hydrogens (tertiary/aromatic N) is 5. The Labute approximate surface area is 204 Å². The van der Waals surface area contributed by atoms with Gasteiger partial charge >= 0.3 is 6.18 Å². The van der Waals surface area contributed by atoms with Crippen LogP contribution in [0.1, 0.15) is 17.0 Å². The van der Waals surface area contributed by atoms with Gasteiger partial charge in [-0.2, -0.15) is 23.4 Å². The first kappa shape index (κ1) is 23.3. The number of amides is 1. The lowest BCUT2D eigenvalue weighted by Gasteiger charge is -2.09. The number of carbonyl (C=O) groups excluding carboxylic acids is 1. The van der Waals surface area contributed by atoms with Gasteiger partial charge in [-0.3, -0.25) is 14.5 Å². The Morgan fingerprint density at radius 3 is 2.47 bits per heavy atom. The highest BCUT2D eigenvalue weighted by atomic mass is 19.4. The minimum atomic E-state index is -4.43. The van der Waals surface area contributed by atoms with Crippen molar-refractivity contribution < 1.29 is 18.0 Å². The average Bonchev–Trinajstić information content (AvgIpc) is 3.38. The highest BCUT2D eigenvalue weighted by Gasteiger charge is 2.30. The summed E-state index contributed by atoms with van der Waals surface area (Å²) in [5.74, 6) is -0.220. The van der Waals surface area contributed by atoms with Gasteiger partial charge in [0.1, 0.15) is 5.69 Å². The van der Waals surface area contributed by atoms with E-state index in [4.69, 9.17) is 5.10 Å². The smallest absolute Gasteiger partial charge is 0.326 e. The molecule has 36 heavy (non-hydrogen) atoms. The van der Waals surface area contributed by atoms with Crippen molar-refractivity contribution in [2.24, 2.45) is 7.05 Å². The lowest BCUT2D eigenvalue weighted by atomic mass is 10.1. The second-order valence-electron chi connectivity index (χ2n) is 8.35. The van der Waals surface area contributed by atoms with Crippen molar-refractivity contribution in [1.82, 2.24) is 24.5 Å². The van der Waals surface area contributed by atoms with Gasteiger partial charge in [0.15, 0.2) is 0 Å². The van der Waals surface area contributed by atoms with Gasteiger partial charge < -0.3 is 5.32 Å². The maximum atomic E-state index is 13.1. The van der Waals surface area contributed by atoms with Gasteiger partial charge in [0.2, 0.25) is 5.91 Å². The minimum Gasteiger partial charge on any atom is -0.326 e. The first-order valence-electron chi connectivity index (χ1n) is 11.1. The number of carbonyl (C=O) groups is 1. The number of hydrogen-bond acceptors (Lipinski definition) is 4. The summed E-state index contributed by atoms with van der Waals surface area (Å²) in [4.78, 5) is 16.8. The third-order valence-corrected chi connectivity index (χ3v) is 5.96. The van der Waals surface area contributed by atoms with Crippen LogP contribution in [0.15, 0.2) is 73.1 Å². The molecule has 2 aromatic carbocycles. The number of hydrogen-bond donors (Lipinski definition) is 1. The maximum Gasteiger partial charge on any atom is 0.416 e. The van der Waals surface area contributed by atoms with Crippen molar-refractivity contribution in [2.75, 3.05) is 5.32 Å². The molecule has 0 saturated carbocycles. The molecule has 0 aliphatic carbocycles. The molecule has 0 bridgehead atoms. The summed E-state index contributed by atoms with van der Waals surface area (Å²) in [5, 5.41) is 12.7. The van der Waals surface area contributed by atoms with E-state index in [1.165, 1.54) is 12.1 Å². The summed E-state index contributed by atoms with van der Waals surface area (Å²) in [6.07, 6.45) is -0.976. The quantitative estimate of drug-likeness (QED) is 0.361.